The standard InChI is InChI=1S/C11H21NO3/c1-5-11(8-13)6-12(7-11)9(14)15-10(2,3)4/h13H,5-8H2,1-4H3. The van der Waals surface area contributed by atoms with Crippen LogP contribution < -0.4 is 0 Å². The number of aliphatic hydroxyl groups is 1. The van der Waals surface area contributed by atoms with Gasteiger partial charge >= 0.3 is 6.09 Å². The lowest BCUT2D eigenvalue weighted by molar-refractivity contribution is -0.0573. The Labute approximate surface area is 91.2 Å². The number of ether oxygens (including phenoxy) is 1. The van der Waals surface area contributed by atoms with Crippen LogP contribution in [0.25, 0.3) is 0 Å². The Balaban J connectivity index is 2.42. The topological polar surface area (TPSA) is 49.8 Å². The highest BCUT2D eigenvalue weighted by molar-refractivity contribution is 5.69. The van der Waals surface area contributed by atoms with Crippen LogP contribution in [0.4, 0.5) is 4.79 Å². The number of hydrogen-bond acceptors (Lipinski definition) is 3. The van der Waals surface area contributed by atoms with Gasteiger partial charge in [0.1, 0.15) is 5.60 Å². The Morgan fingerprint density at radius 2 is 2.00 bits per heavy atom. The van der Waals surface area contributed by atoms with Gasteiger partial charge in [0, 0.05) is 18.5 Å². The summed E-state index contributed by atoms with van der Waals surface area (Å²) < 4.78 is 5.23. The molecule has 88 valence electrons. The van der Waals surface area contributed by atoms with Gasteiger partial charge in [-0.15, -0.1) is 0 Å². The van der Waals surface area contributed by atoms with E-state index in [1.165, 1.54) is 0 Å². The summed E-state index contributed by atoms with van der Waals surface area (Å²) >= 11 is 0. The zero-order chi connectivity index (χ0) is 11.7. The zero-order valence-electron chi connectivity index (χ0n) is 10.0. The van der Waals surface area contributed by atoms with Crippen LogP contribution in [0.1, 0.15) is 34.1 Å². The third-order valence-electron chi connectivity index (χ3n) is 2.79. The third-order valence-corrected chi connectivity index (χ3v) is 2.79. The van der Waals surface area contributed by atoms with Crippen LogP contribution in [-0.4, -0.2) is 41.4 Å². The third kappa shape index (κ3) is 2.84. The molecule has 0 atom stereocenters. The summed E-state index contributed by atoms with van der Waals surface area (Å²) in [7, 11) is 0. The second-order valence-corrected chi connectivity index (χ2v) is 5.35. The molecule has 1 amide bonds. The zero-order valence-corrected chi connectivity index (χ0v) is 10.0. The normalized spacial score (nSPS) is 19.7. The Kier molecular flexibility index (Phi) is 3.28. The molecule has 4 nitrogen and oxygen atoms in total. The molecule has 0 radical (unpaired) electrons. The van der Waals surface area contributed by atoms with Crippen LogP contribution in [0, 0.1) is 5.41 Å². The number of nitrogens with zero attached hydrogens (tertiary/aromatic N) is 1. The van der Waals surface area contributed by atoms with Crippen LogP contribution in [0.5, 0.6) is 0 Å². The van der Waals surface area contributed by atoms with Gasteiger partial charge in [0.05, 0.1) is 6.61 Å². The van der Waals surface area contributed by atoms with Gasteiger partial charge in [0.15, 0.2) is 0 Å². The maximum absolute atomic E-state index is 11.6. The average molecular weight is 215 g/mol. The second-order valence-electron chi connectivity index (χ2n) is 5.35. The number of likely N-dealkylation sites (tertiary alicyclic amines) is 1. The van der Waals surface area contributed by atoms with E-state index in [2.05, 4.69) is 0 Å². The summed E-state index contributed by atoms with van der Waals surface area (Å²) in [5, 5.41) is 9.19. The van der Waals surface area contributed by atoms with Gasteiger partial charge in [-0.1, -0.05) is 6.92 Å². The Hall–Kier alpha value is -0.770. The summed E-state index contributed by atoms with van der Waals surface area (Å²) in [6.07, 6.45) is 0.614. The van der Waals surface area contributed by atoms with Gasteiger partial charge < -0.3 is 14.7 Å². The predicted molar refractivity (Wildman–Crippen MR) is 57.6 cm³/mol. The smallest absolute Gasteiger partial charge is 0.410 e. The van der Waals surface area contributed by atoms with Crippen LogP contribution in [0.2, 0.25) is 0 Å². The number of carbonyl (C=O) groups excluding carboxylic acids is 1. The molecule has 1 rings (SSSR count). The van der Waals surface area contributed by atoms with E-state index in [9.17, 15) is 9.90 Å². The first-order chi connectivity index (χ1) is 6.82. The Morgan fingerprint density at radius 3 is 2.33 bits per heavy atom. The molecule has 1 fully saturated rings. The van der Waals surface area contributed by atoms with Gasteiger partial charge in [-0.25, -0.2) is 4.79 Å². The van der Waals surface area contributed by atoms with Gasteiger partial charge in [-0.05, 0) is 27.2 Å². The molecule has 0 saturated carbocycles. The Bertz CT molecular complexity index is 233. The number of carbonyl (C=O) groups is 1. The maximum Gasteiger partial charge on any atom is 0.410 e. The van der Waals surface area contributed by atoms with Crippen molar-refractivity contribution in [1.29, 1.82) is 0 Å². The van der Waals surface area contributed by atoms with Crippen molar-refractivity contribution in [2.24, 2.45) is 5.41 Å². The molecule has 1 aliphatic rings. The van der Waals surface area contributed by atoms with Crippen molar-refractivity contribution < 1.29 is 14.6 Å². The van der Waals surface area contributed by atoms with Gasteiger partial charge in [0.2, 0.25) is 0 Å². The summed E-state index contributed by atoms with van der Waals surface area (Å²) in [6.45, 7) is 8.94. The molecule has 0 unspecified atom stereocenters. The highest BCUT2D eigenvalue weighted by Gasteiger charge is 2.44. The lowest BCUT2D eigenvalue weighted by Gasteiger charge is -2.48. The van der Waals surface area contributed by atoms with Crippen molar-refractivity contribution >= 4 is 6.09 Å². The maximum atomic E-state index is 11.6. The summed E-state index contributed by atoms with van der Waals surface area (Å²) in [6, 6.07) is 0. The molecular weight excluding hydrogens is 194 g/mol. The minimum Gasteiger partial charge on any atom is -0.444 e. The van der Waals surface area contributed by atoms with Gasteiger partial charge in [-0.2, -0.15) is 0 Å². The molecule has 1 aliphatic heterocycles. The lowest BCUT2D eigenvalue weighted by atomic mass is 9.78. The largest absolute Gasteiger partial charge is 0.444 e. The van der Waals surface area contributed by atoms with Crippen LogP contribution >= 0.6 is 0 Å². The van der Waals surface area contributed by atoms with E-state index in [0.29, 0.717) is 13.1 Å². The highest BCUT2D eigenvalue weighted by Crippen LogP contribution is 2.34. The van der Waals surface area contributed by atoms with E-state index in [0.717, 1.165) is 6.42 Å². The Morgan fingerprint density at radius 1 is 1.47 bits per heavy atom. The fourth-order valence-electron chi connectivity index (χ4n) is 1.65. The van der Waals surface area contributed by atoms with E-state index < -0.39 is 5.60 Å². The van der Waals surface area contributed by atoms with E-state index >= 15 is 0 Å². The molecule has 0 spiro atoms. The summed E-state index contributed by atoms with van der Waals surface area (Å²) in [5.74, 6) is 0. The first kappa shape index (κ1) is 12.3. The molecule has 0 bridgehead atoms. The fraction of sp³-hybridized carbons (Fsp3) is 0.909. The molecule has 15 heavy (non-hydrogen) atoms. The summed E-state index contributed by atoms with van der Waals surface area (Å²) in [4.78, 5) is 13.2. The number of hydrogen-bond donors (Lipinski definition) is 1. The average Bonchev–Trinajstić information content (AvgIpc) is 2.00. The van der Waals surface area contributed by atoms with Crippen molar-refractivity contribution in [2.45, 2.75) is 39.7 Å². The monoisotopic (exact) mass is 215 g/mol. The summed E-state index contributed by atoms with van der Waals surface area (Å²) in [5.41, 5.74) is -0.530. The van der Waals surface area contributed by atoms with Crippen molar-refractivity contribution in [3.63, 3.8) is 0 Å². The minimum atomic E-state index is -0.444. The molecule has 0 aromatic rings. The van der Waals surface area contributed by atoms with Crippen LogP contribution in [0.3, 0.4) is 0 Å². The lowest BCUT2D eigenvalue weighted by Crippen LogP contribution is -2.60. The number of rotatable bonds is 2. The number of aliphatic hydroxyl groups excluding tert-OH is 1. The second kappa shape index (κ2) is 4.00. The minimum absolute atomic E-state index is 0.0864. The van der Waals surface area contributed by atoms with E-state index in [-0.39, 0.29) is 18.1 Å². The van der Waals surface area contributed by atoms with Crippen molar-refractivity contribution in [3.05, 3.63) is 0 Å². The highest BCUT2D eigenvalue weighted by atomic mass is 16.6. The molecule has 1 N–H and O–H groups in total. The number of amides is 1. The van der Waals surface area contributed by atoms with Gasteiger partial charge in [0.25, 0.3) is 0 Å². The molecule has 4 heteroatoms. The van der Waals surface area contributed by atoms with E-state index in [1.54, 1.807) is 4.90 Å². The van der Waals surface area contributed by atoms with E-state index in [4.69, 9.17) is 4.74 Å². The predicted octanol–water partition coefficient (Wildman–Crippen LogP) is 1.63. The SMILES string of the molecule is CCC1(CO)CN(C(=O)OC(C)(C)C)C1. The van der Waals surface area contributed by atoms with Crippen LogP contribution in [0.15, 0.2) is 0 Å². The van der Waals surface area contributed by atoms with Crippen molar-refractivity contribution in [2.75, 3.05) is 19.7 Å². The van der Waals surface area contributed by atoms with Crippen molar-refractivity contribution in [1.82, 2.24) is 4.90 Å². The van der Waals surface area contributed by atoms with Crippen LogP contribution in [-0.2, 0) is 4.74 Å². The first-order valence-corrected chi connectivity index (χ1v) is 5.41. The molecular formula is C11H21NO3. The van der Waals surface area contributed by atoms with E-state index in [1.807, 2.05) is 27.7 Å². The molecule has 0 aromatic carbocycles. The first-order valence-electron chi connectivity index (χ1n) is 5.41. The quantitative estimate of drug-likeness (QED) is 0.761. The molecule has 1 heterocycles. The van der Waals surface area contributed by atoms with Crippen molar-refractivity contribution in [3.8, 4) is 0 Å². The molecule has 0 aliphatic carbocycles. The fourth-order valence-corrected chi connectivity index (χ4v) is 1.65. The van der Waals surface area contributed by atoms with Gasteiger partial charge in [-0.3, -0.25) is 0 Å². The molecule has 1 saturated heterocycles. The molecule has 0 aromatic heterocycles.